The Morgan fingerprint density at radius 1 is 1.36 bits per heavy atom. The molecule has 14 heavy (non-hydrogen) atoms. The van der Waals surface area contributed by atoms with Crippen LogP contribution in [0.2, 0.25) is 0 Å². The minimum atomic E-state index is -0.853. The van der Waals surface area contributed by atoms with Crippen molar-refractivity contribution < 1.29 is 9.47 Å². The third kappa shape index (κ3) is 1.75. The first-order chi connectivity index (χ1) is 6.23. The number of fused-ring (bicyclic) bond motifs is 1. The third-order valence-electron chi connectivity index (χ3n) is 1.92. The zero-order valence-electron chi connectivity index (χ0n) is 7.69. The zero-order valence-corrected chi connectivity index (χ0v) is 8.50. The van der Waals surface area contributed by atoms with E-state index in [1.807, 2.05) is 18.2 Å². The standard InChI is InChI=1S/C10H9NO2.ClH/c1-10(6-11)7-12-8-4-2-3-5-9(8)13-10;/h2-5H,7H2,1H3;1H. The van der Waals surface area contributed by atoms with E-state index in [-0.39, 0.29) is 19.0 Å². The molecule has 0 aromatic heterocycles. The number of halogens is 1. The van der Waals surface area contributed by atoms with E-state index in [2.05, 4.69) is 6.07 Å². The predicted octanol–water partition coefficient (Wildman–Crippen LogP) is 2.16. The summed E-state index contributed by atoms with van der Waals surface area (Å²) >= 11 is 0. The summed E-state index contributed by atoms with van der Waals surface area (Å²) < 4.78 is 10.9. The van der Waals surface area contributed by atoms with Crippen LogP contribution in [0, 0.1) is 11.3 Å². The maximum atomic E-state index is 8.82. The molecule has 1 heterocycles. The van der Waals surface area contributed by atoms with E-state index >= 15 is 0 Å². The van der Waals surface area contributed by atoms with E-state index in [4.69, 9.17) is 14.7 Å². The minimum Gasteiger partial charge on any atom is -0.484 e. The second-order valence-corrected chi connectivity index (χ2v) is 3.18. The minimum absolute atomic E-state index is 0. The van der Waals surface area contributed by atoms with E-state index < -0.39 is 5.60 Å². The number of ether oxygens (including phenoxy) is 2. The zero-order chi connectivity index (χ0) is 9.31. The van der Waals surface area contributed by atoms with Crippen molar-refractivity contribution in [1.29, 1.82) is 5.26 Å². The summed E-state index contributed by atoms with van der Waals surface area (Å²) in [7, 11) is 0. The number of hydrogen-bond acceptors (Lipinski definition) is 3. The van der Waals surface area contributed by atoms with Crippen molar-refractivity contribution in [2.75, 3.05) is 6.61 Å². The highest BCUT2D eigenvalue weighted by molar-refractivity contribution is 5.85. The normalized spacial score (nSPS) is 23.1. The van der Waals surface area contributed by atoms with Crippen LogP contribution < -0.4 is 9.47 Å². The van der Waals surface area contributed by atoms with Gasteiger partial charge >= 0.3 is 0 Å². The maximum Gasteiger partial charge on any atom is 0.225 e. The van der Waals surface area contributed by atoms with Gasteiger partial charge in [0, 0.05) is 0 Å². The number of hydrogen-bond donors (Lipinski definition) is 0. The first-order valence-electron chi connectivity index (χ1n) is 4.06. The topological polar surface area (TPSA) is 42.2 Å². The van der Waals surface area contributed by atoms with Crippen molar-refractivity contribution >= 4 is 12.4 Å². The monoisotopic (exact) mass is 211 g/mol. The molecule has 1 unspecified atom stereocenters. The van der Waals surface area contributed by atoms with Crippen molar-refractivity contribution in [2.24, 2.45) is 0 Å². The predicted molar refractivity (Wildman–Crippen MR) is 53.8 cm³/mol. The summed E-state index contributed by atoms with van der Waals surface area (Å²) in [5.74, 6) is 1.34. The van der Waals surface area contributed by atoms with E-state index in [9.17, 15) is 0 Å². The summed E-state index contributed by atoms with van der Waals surface area (Å²) in [6.45, 7) is 1.99. The molecular weight excluding hydrogens is 202 g/mol. The lowest BCUT2D eigenvalue weighted by atomic mass is 10.1. The molecule has 0 amide bonds. The smallest absolute Gasteiger partial charge is 0.225 e. The maximum absolute atomic E-state index is 8.82. The Morgan fingerprint density at radius 2 is 2.00 bits per heavy atom. The average Bonchev–Trinajstić information content (AvgIpc) is 2.18. The molecular formula is C10H10ClNO2. The van der Waals surface area contributed by atoms with Gasteiger partial charge in [-0.2, -0.15) is 5.26 Å². The Morgan fingerprint density at radius 3 is 2.64 bits per heavy atom. The summed E-state index contributed by atoms with van der Waals surface area (Å²) in [5, 5.41) is 8.82. The van der Waals surface area contributed by atoms with Gasteiger partial charge in [-0.1, -0.05) is 12.1 Å². The highest BCUT2D eigenvalue weighted by Gasteiger charge is 2.32. The van der Waals surface area contributed by atoms with Gasteiger partial charge in [0.2, 0.25) is 5.60 Å². The Labute approximate surface area is 88.7 Å². The van der Waals surface area contributed by atoms with Gasteiger partial charge in [-0.15, -0.1) is 12.4 Å². The quantitative estimate of drug-likeness (QED) is 0.661. The van der Waals surface area contributed by atoms with E-state index in [0.717, 1.165) is 0 Å². The van der Waals surface area contributed by atoms with E-state index in [1.165, 1.54) is 0 Å². The van der Waals surface area contributed by atoms with Gasteiger partial charge in [0.05, 0.1) is 0 Å². The number of nitrogens with zero attached hydrogens (tertiary/aromatic N) is 1. The molecule has 0 saturated carbocycles. The molecule has 2 rings (SSSR count). The lowest BCUT2D eigenvalue weighted by Crippen LogP contribution is -2.40. The Hall–Kier alpha value is -1.40. The number of nitriles is 1. The van der Waals surface area contributed by atoms with Crippen LogP contribution in [-0.2, 0) is 0 Å². The van der Waals surface area contributed by atoms with Crippen LogP contribution in [0.3, 0.4) is 0 Å². The fraction of sp³-hybridized carbons (Fsp3) is 0.300. The van der Waals surface area contributed by atoms with Crippen LogP contribution in [0.4, 0.5) is 0 Å². The molecule has 1 atom stereocenters. The Balaban J connectivity index is 0.000000980. The van der Waals surface area contributed by atoms with Crippen LogP contribution >= 0.6 is 12.4 Å². The fourth-order valence-corrected chi connectivity index (χ4v) is 1.20. The highest BCUT2D eigenvalue weighted by atomic mass is 35.5. The van der Waals surface area contributed by atoms with Gasteiger partial charge in [-0.25, -0.2) is 0 Å². The molecule has 0 radical (unpaired) electrons. The molecule has 1 aliphatic heterocycles. The second kappa shape index (κ2) is 3.77. The molecule has 0 bridgehead atoms. The average molecular weight is 212 g/mol. The Kier molecular flexibility index (Phi) is 2.87. The molecule has 0 saturated heterocycles. The molecule has 74 valence electrons. The van der Waals surface area contributed by atoms with Gasteiger partial charge < -0.3 is 9.47 Å². The molecule has 1 aliphatic rings. The van der Waals surface area contributed by atoms with E-state index in [1.54, 1.807) is 13.0 Å². The molecule has 0 spiro atoms. The molecule has 1 aromatic carbocycles. The summed E-state index contributed by atoms with van der Waals surface area (Å²) in [4.78, 5) is 0. The number of para-hydroxylation sites is 2. The lowest BCUT2D eigenvalue weighted by Gasteiger charge is -2.29. The van der Waals surface area contributed by atoms with Crippen molar-refractivity contribution in [3.63, 3.8) is 0 Å². The number of benzene rings is 1. The van der Waals surface area contributed by atoms with Crippen molar-refractivity contribution in [2.45, 2.75) is 12.5 Å². The van der Waals surface area contributed by atoms with Crippen LogP contribution in [0.5, 0.6) is 11.5 Å². The van der Waals surface area contributed by atoms with Crippen LogP contribution in [0.25, 0.3) is 0 Å². The molecule has 0 N–H and O–H groups in total. The third-order valence-corrected chi connectivity index (χ3v) is 1.92. The van der Waals surface area contributed by atoms with Gasteiger partial charge in [-0.3, -0.25) is 0 Å². The second-order valence-electron chi connectivity index (χ2n) is 3.18. The van der Waals surface area contributed by atoms with E-state index in [0.29, 0.717) is 11.5 Å². The largest absolute Gasteiger partial charge is 0.484 e. The highest BCUT2D eigenvalue weighted by Crippen LogP contribution is 2.34. The molecule has 0 aliphatic carbocycles. The van der Waals surface area contributed by atoms with Gasteiger partial charge in [0.25, 0.3) is 0 Å². The van der Waals surface area contributed by atoms with Crippen molar-refractivity contribution in [3.05, 3.63) is 24.3 Å². The Bertz CT molecular complexity index is 375. The first-order valence-corrected chi connectivity index (χ1v) is 4.06. The molecule has 4 heteroatoms. The fourth-order valence-electron chi connectivity index (χ4n) is 1.20. The SMILES string of the molecule is CC1(C#N)COc2ccccc2O1.Cl. The van der Waals surface area contributed by atoms with Crippen LogP contribution in [0.1, 0.15) is 6.92 Å². The van der Waals surface area contributed by atoms with Gasteiger partial charge in [0.1, 0.15) is 12.7 Å². The molecule has 1 aromatic rings. The summed E-state index contributed by atoms with van der Waals surface area (Å²) in [6.07, 6.45) is 0. The summed E-state index contributed by atoms with van der Waals surface area (Å²) in [5.41, 5.74) is -0.853. The summed E-state index contributed by atoms with van der Waals surface area (Å²) in [6, 6.07) is 9.42. The van der Waals surface area contributed by atoms with Gasteiger partial charge in [-0.05, 0) is 19.1 Å². The number of rotatable bonds is 0. The molecule has 3 nitrogen and oxygen atoms in total. The van der Waals surface area contributed by atoms with Crippen molar-refractivity contribution in [1.82, 2.24) is 0 Å². The van der Waals surface area contributed by atoms with Crippen LogP contribution in [-0.4, -0.2) is 12.2 Å². The lowest BCUT2D eigenvalue weighted by molar-refractivity contribution is 0.0503. The van der Waals surface area contributed by atoms with Crippen LogP contribution in [0.15, 0.2) is 24.3 Å². The first kappa shape index (κ1) is 10.7. The molecule has 0 fully saturated rings. The van der Waals surface area contributed by atoms with Gasteiger partial charge in [0.15, 0.2) is 11.5 Å². The van der Waals surface area contributed by atoms with Crippen molar-refractivity contribution in [3.8, 4) is 17.6 Å².